The van der Waals surface area contributed by atoms with Crippen molar-refractivity contribution in [3.8, 4) is 11.5 Å². The summed E-state index contributed by atoms with van der Waals surface area (Å²) in [6.45, 7) is 9.93. The number of rotatable bonds is 8. The monoisotopic (exact) mass is 546 g/mol. The molecule has 0 unspecified atom stereocenters. The number of benzene rings is 2. The molecule has 2 N–H and O–H groups in total. The Morgan fingerprint density at radius 2 is 1.51 bits per heavy atom. The summed E-state index contributed by atoms with van der Waals surface area (Å²) in [5.41, 5.74) is 1.40. The molecule has 2 atom stereocenters. The van der Waals surface area contributed by atoms with Crippen molar-refractivity contribution in [2.45, 2.75) is 71.5 Å². The SMILES string of the molecule is COC(=O)[C@H]([C@H](O)c1ccc(OC)c(OCc2ccccc2)c1)N(NC(=O)OC(C)(C)C)C(=O)OC(C)(C)C. The fourth-order valence-electron chi connectivity index (χ4n) is 3.34. The summed E-state index contributed by atoms with van der Waals surface area (Å²) in [6, 6.07) is 12.2. The number of hydrazine groups is 1. The van der Waals surface area contributed by atoms with Crippen molar-refractivity contribution in [3.05, 3.63) is 59.7 Å². The molecular formula is C28H38N2O9. The molecule has 0 aliphatic carbocycles. The van der Waals surface area contributed by atoms with Gasteiger partial charge in [-0.1, -0.05) is 36.4 Å². The molecule has 0 saturated heterocycles. The zero-order chi connectivity index (χ0) is 29.4. The fraction of sp³-hybridized carbons (Fsp3) is 0.464. The number of carbonyl (C=O) groups excluding carboxylic acids is 3. The van der Waals surface area contributed by atoms with Crippen LogP contribution >= 0.6 is 0 Å². The average Bonchev–Trinajstić information content (AvgIpc) is 2.85. The van der Waals surface area contributed by atoms with Crippen molar-refractivity contribution in [1.82, 2.24) is 10.4 Å². The largest absolute Gasteiger partial charge is 0.493 e. The molecule has 0 fully saturated rings. The molecule has 0 aliphatic heterocycles. The third-order valence-corrected chi connectivity index (χ3v) is 4.99. The van der Waals surface area contributed by atoms with Gasteiger partial charge in [0.25, 0.3) is 0 Å². The Morgan fingerprint density at radius 3 is 2.05 bits per heavy atom. The Labute approximate surface area is 228 Å². The highest BCUT2D eigenvalue weighted by atomic mass is 16.6. The fourth-order valence-corrected chi connectivity index (χ4v) is 3.34. The second-order valence-electron chi connectivity index (χ2n) is 10.6. The highest BCUT2D eigenvalue weighted by molar-refractivity contribution is 5.84. The molecule has 0 saturated carbocycles. The van der Waals surface area contributed by atoms with E-state index in [2.05, 4.69) is 5.43 Å². The number of carbonyl (C=O) groups is 3. The van der Waals surface area contributed by atoms with Gasteiger partial charge in [0, 0.05) is 0 Å². The number of hydrogen-bond donors (Lipinski definition) is 2. The maximum Gasteiger partial charge on any atom is 0.430 e. The third-order valence-electron chi connectivity index (χ3n) is 4.99. The van der Waals surface area contributed by atoms with Crippen LogP contribution in [0.5, 0.6) is 11.5 Å². The molecule has 2 rings (SSSR count). The second-order valence-corrected chi connectivity index (χ2v) is 10.6. The minimum Gasteiger partial charge on any atom is -0.493 e. The number of aliphatic hydroxyl groups is 1. The molecule has 2 amide bonds. The summed E-state index contributed by atoms with van der Waals surface area (Å²) in [5, 5.41) is 11.9. The maximum absolute atomic E-state index is 13.2. The van der Waals surface area contributed by atoms with Crippen LogP contribution in [0, 0.1) is 0 Å². The smallest absolute Gasteiger partial charge is 0.430 e. The zero-order valence-electron chi connectivity index (χ0n) is 23.6. The second kappa shape index (κ2) is 13.2. The van der Waals surface area contributed by atoms with Gasteiger partial charge >= 0.3 is 18.2 Å². The van der Waals surface area contributed by atoms with E-state index in [4.69, 9.17) is 23.7 Å². The minimum absolute atomic E-state index is 0.175. The van der Waals surface area contributed by atoms with E-state index in [-0.39, 0.29) is 17.9 Å². The van der Waals surface area contributed by atoms with Gasteiger partial charge in [0.1, 0.15) is 23.9 Å². The first-order chi connectivity index (χ1) is 18.1. The van der Waals surface area contributed by atoms with Gasteiger partial charge in [-0.2, -0.15) is 5.01 Å². The van der Waals surface area contributed by atoms with Crippen molar-refractivity contribution in [2.24, 2.45) is 0 Å². The van der Waals surface area contributed by atoms with Gasteiger partial charge in [0.05, 0.1) is 14.2 Å². The lowest BCUT2D eigenvalue weighted by atomic mass is 10.0. The highest BCUT2D eigenvalue weighted by Crippen LogP contribution is 2.33. The summed E-state index contributed by atoms with van der Waals surface area (Å²) in [6.07, 6.45) is -3.85. The lowest BCUT2D eigenvalue weighted by Gasteiger charge is -2.34. The highest BCUT2D eigenvalue weighted by Gasteiger charge is 2.42. The predicted octanol–water partition coefficient (Wildman–Crippen LogP) is 4.53. The van der Waals surface area contributed by atoms with E-state index >= 15 is 0 Å². The number of nitrogens with zero attached hydrogens (tertiary/aromatic N) is 1. The molecule has 0 bridgehead atoms. The van der Waals surface area contributed by atoms with Crippen LogP contribution in [0.2, 0.25) is 0 Å². The molecule has 0 spiro atoms. The number of esters is 1. The Balaban J connectivity index is 2.47. The van der Waals surface area contributed by atoms with Crippen LogP contribution in [-0.2, 0) is 25.6 Å². The molecular weight excluding hydrogens is 508 g/mol. The van der Waals surface area contributed by atoms with E-state index in [0.717, 1.165) is 12.7 Å². The normalized spacial score (nSPS) is 12.9. The minimum atomic E-state index is -1.76. The maximum atomic E-state index is 13.2. The van der Waals surface area contributed by atoms with Gasteiger partial charge in [0.2, 0.25) is 0 Å². The van der Waals surface area contributed by atoms with Crippen molar-refractivity contribution >= 4 is 18.2 Å². The van der Waals surface area contributed by atoms with Gasteiger partial charge in [-0.05, 0) is 64.8 Å². The topological polar surface area (TPSA) is 133 Å². The first kappa shape index (κ1) is 31.2. The summed E-state index contributed by atoms with van der Waals surface area (Å²) >= 11 is 0. The molecule has 11 heteroatoms. The Morgan fingerprint density at radius 1 is 0.897 bits per heavy atom. The molecule has 39 heavy (non-hydrogen) atoms. The molecule has 0 heterocycles. The number of methoxy groups -OCH3 is 2. The third kappa shape index (κ3) is 9.68. The first-order valence-corrected chi connectivity index (χ1v) is 12.3. The van der Waals surface area contributed by atoms with Gasteiger partial charge in [-0.25, -0.2) is 19.8 Å². The molecule has 214 valence electrons. The van der Waals surface area contributed by atoms with E-state index in [9.17, 15) is 19.5 Å². The zero-order valence-corrected chi connectivity index (χ0v) is 23.6. The van der Waals surface area contributed by atoms with Crippen LogP contribution in [0.15, 0.2) is 48.5 Å². The van der Waals surface area contributed by atoms with E-state index in [0.29, 0.717) is 10.8 Å². The van der Waals surface area contributed by atoms with E-state index < -0.39 is 41.5 Å². The number of ether oxygens (including phenoxy) is 5. The number of aliphatic hydroxyl groups excluding tert-OH is 1. The first-order valence-electron chi connectivity index (χ1n) is 12.3. The van der Waals surface area contributed by atoms with Crippen molar-refractivity contribution < 1.29 is 43.2 Å². The molecule has 11 nitrogen and oxygen atoms in total. The van der Waals surface area contributed by atoms with Gasteiger partial charge < -0.3 is 28.8 Å². The van der Waals surface area contributed by atoms with Gasteiger partial charge in [-0.15, -0.1) is 0 Å². The molecule has 2 aromatic carbocycles. The van der Waals surface area contributed by atoms with Gasteiger partial charge in [-0.3, -0.25) is 0 Å². The van der Waals surface area contributed by atoms with Crippen LogP contribution in [0.25, 0.3) is 0 Å². The van der Waals surface area contributed by atoms with Crippen molar-refractivity contribution in [1.29, 1.82) is 0 Å². The standard InChI is InChI=1S/C28H38N2O9/c1-27(2,3)38-25(33)29-30(26(34)39-28(4,5)6)22(24(32)36-8)23(31)19-14-15-20(35-7)21(16-19)37-17-18-12-10-9-11-13-18/h9-16,22-23,31H,17H2,1-8H3,(H,29,33)/t22-,23+/m0/s1. The Bertz CT molecular complexity index is 1120. The summed E-state index contributed by atoms with van der Waals surface area (Å²) in [7, 11) is 2.55. The van der Waals surface area contributed by atoms with Crippen LogP contribution in [0.1, 0.15) is 58.8 Å². The molecule has 0 radical (unpaired) electrons. The number of amides is 2. The summed E-state index contributed by atoms with van der Waals surface area (Å²) in [5.74, 6) is -0.357. The summed E-state index contributed by atoms with van der Waals surface area (Å²) in [4.78, 5) is 38.7. The lowest BCUT2D eigenvalue weighted by Crippen LogP contribution is -2.58. The Kier molecular flexibility index (Phi) is 10.6. The van der Waals surface area contributed by atoms with Gasteiger partial charge in [0.15, 0.2) is 17.5 Å². The van der Waals surface area contributed by atoms with Crippen molar-refractivity contribution in [3.63, 3.8) is 0 Å². The van der Waals surface area contributed by atoms with Crippen LogP contribution < -0.4 is 14.9 Å². The van der Waals surface area contributed by atoms with Crippen molar-refractivity contribution in [2.75, 3.05) is 14.2 Å². The molecule has 2 aromatic rings. The quantitative estimate of drug-likeness (QED) is 0.278. The lowest BCUT2D eigenvalue weighted by molar-refractivity contribution is -0.153. The van der Waals surface area contributed by atoms with E-state index in [1.54, 1.807) is 47.6 Å². The van der Waals surface area contributed by atoms with Crippen LogP contribution in [-0.4, -0.2) is 59.7 Å². The van der Waals surface area contributed by atoms with Crippen LogP contribution in [0.3, 0.4) is 0 Å². The predicted molar refractivity (Wildman–Crippen MR) is 142 cm³/mol. The number of nitrogens with one attached hydrogen (secondary N) is 1. The molecule has 0 aliphatic rings. The van der Waals surface area contributed by atoms with E-state index in [1.165, 1.54) is 19.2 Å². The summed E-state index contributed by atoms with van der Waals surface area (Å²) < 4.78 is 26.8. The Hall–Kier alpha value is -3.99. The average molecular weight is 547 g/mol. The number of hydrogen-bond acceptors (Lipinski definition) is 9. The van der Waals surface area contributed by atoms with E-state index in [1.807, 2.05) is 30.3 Å². The van der Waals surface area contributed by atoms with Crippen LogP contribution in [0.4, 0.5) is 9.59 Å². The molecule has 0 aromatic heterocycles.